The predicted molar refractivity (Wildman–Crippen MR) is 27.1 cm³/mol. The maximum atomic E-state index is 10.4. The Labute approximate surface area is 51.3 Å². The maximum Gasteiger partial charge on any atom is 0.380 e. The first kappa shape index (κ1) is 6.12. The molecular formula is C3H6N4O2. The van der Waals surface area contributed by atoms with Gasteiger partial charge < -0.3 is 4.74 Å². The fourth-order valence-corrected chi connectivity index (χ4v) is 0.461. The standard InChI is InChI=1S/C3H6N4O2/c1-9-3-6-5-2(8)7(3)4/h3H,4H2,1H3. The van der Waals surface area contributed by atoms with Crippen LogP contribution >= 0.6 is 0 Å². The third kappa shape index (κ3) is 0.889. The average Bonchev–Trinajstić information content (AvgIpc) is 2.15. The van der Waals surface area contributed by atoms with Crippen molar-refractivity contribution in [3.63, 3.8) is 0 Å². The largest absolute Gasteiger partial charge is 0.380 e. The molecule has 0 radical (unpaired) electrons. The second-order valence-electron chi connectivity index (χ2n) is 1.47. The Hall–Kier alpha value is -1.01. The maximum absolute atomic E-state index is 10.4. The van der Waals surface area contributed by atoms with Gasteiger partial charge in [0.05, 0.1) is 0 Å². The lowest BCUT2D eigenvalue weighted by molar-refractivity contribution is 0.0110. The number of nitrogens with two attached hydrogens (primary N) is 1. The summed E-state index contributed by atoms with van der Waals surface area (Å²) in [5.41, 5.74) is 0. The SMILES string of the molecule is COC1N=NC(=O)N1N. The molecule has 1 aliphatic heterocycles. The van der Waals surface area contributed by atoms with Crippen molar-refractivity contribution < 1.29 is 9.53 Å². The number of urea groups is 1. The molecule has 0 saturated carbocycles. The summed E-state index contributed by atoms with van der Waals surface area (Å²) in [5.74, 6) is 5.10. The smallest absolute Gasteiger partial charge is 0.340 e. The number of rotatable bonds is 1. The molecule has 6 heteroatoms. The van der Waals surface area contributed by atoms with Crippen LogP contribution in [0.15, 0.2) is 10.2 Å². The van der Waals surface area contributed by atoms with Gasteiger partial charge in [0.1, 0.15) is 0 Å². The van der Waals surface area contributed by atoms with Crippen molar-refractivity contribution in [2.75, 3.05) is 7.11 Å². The molecule has 50 valence electrons. The zero-order chi connectivity index (χ0) is 6.85. The third-order valence-corrected chi connectivity index (χ3v) is 0.912. The van der Waals surface area contributed by atoms with Gasteiger partial charge in [-0.2, -0.15) is 0 Å². The van der Waals surface area contributed by atoms with Crippen molar-refractivity contribution in [3.8, 4) is 0 Å². The monoisotopic (exact) mass is 130 g/mol. The molecule has 2 N–H and O–H groups in total. The van der Waals surface area contributed by atoms with E-state index in [-0.39, 0.29) is 0 Å². The fourth-order valence-electron chi connectivity index (χ4n) is 0.461. The molecule has 1 rings (SSSR count). The lowest BCUT2D eigenvalue weighted by atomic mass is 10.9. The summed E-state index contributed by atoms with van der Waals surface area (Å²) in [6, 6.07) is -0.582. The summed E-state index contributed by atoms with van der Waals surface area (Å²) in [7, 11) is 1.39. The lowest BCUT2D eigenvalue weighted by Crippen LogP contribution is -2.40. The van der Waals surface area contributed by atoms with Gasteiger partial charge in [0, 0.05) is 7.11 Å². The molecule has 2 amide bonds. The van der Waals surface area contributed by atoms with Gasteiger partial charge in [0.25, 0.3) is 6.35 Å². The second-order valence-corrected chi connectivity index (χ2v) is 1.47. The van der Waals surface area contributed by atoms with Crippen LogP contribution in [0, 0.1) is 0 Å². The number of amides is 2. The molecule has 0 aliphatic carbocycles. The van der Waals surface area contributed by atoms with E-state index in [0.717, 1.165) is 5.01 Å². The van der Waals surface area contributed by atoms with Gasteiger partial charge in [-0.25, -0.2) is 15.6 Å². The quantitative estimate of drug-likeness (QED) is 0.390. The van der Waals surface area contributed by atoms with Gasteiger partial charge in [-0.15, -0.1) is 5.11 Å². The van der Waals surface area contributed by atoms with Crippen LogP contribution in [0.4, 0.5) is 4.79 Å². The normalized spacial score (nSPS) is 25.8. The highest BCUT2D eigenvalue weighted by atomic mass is 16.5. The second kappa shape index (κ2) is 2.08. The molecule has 1 atom stereocenters. The molecular weight excluding hydrogens is 124 g/mol. The van der Waals surface area contributed by atoms with E-state index in [1.54, 1.807) is 0 Å². The van der Waals surface area contributed by atoms with Crippen LogP contribution in [-0.4, -0.2) is 24.5 Å². The number of methoxy groups -OCH3 is 1. The number of hydrazine groups is 1. The molecule has 0 saturated heterocycles. The van der Waals surface area contributed by atoms with E-state index in [9.17, 15) is 4.79 Å². The number of nitrogens with zero attached hydrogens (tertiary/aromatic N) is 3. The zero-order valence-corrected chi connectivity index (χ0v) is 4.81. The van der Waals surface area contributed by atoms with Crippen molar-refractivity contribution in [1.82, 2.24) is 5.01 Å². The van der Waals surface area contributed by atoms with E-state index in [1.807, 2.05) is 0 Å². The summed E-state index contributed by atoms with van der Waals surface area (Å²) in [5, 5.41) is 7.31. The summed E-state index contributed by atoms with van der Waals surface area (Å²) >= 11 is 0. The van der Waals surface area contributed by atoms with Crippen LogP contribution in [0.2, 0.25) is 0 Å². The van der Waals surface area contributed by atoms with Gasteiger partial charge in [0.15, 0.2) is 0 Å². The molecule has 0 aromatic carbocycles. The van der Waals surface area contributed by atoms with Crippen molar-refractivity contribution >= 4 is 6.03 Å². The highest BCUT2D eigenvalue weighted by molar-refractivity contribution is 5.75. The zero-order valence-electron chi connectivity index (χ0n) is 4.81. The molecule has 0 aromatic heterocycles. The minimum absolute atomic E-state index is 0.582. The third-order valence-electron chi connectivity index (χ3n) is 0.912. The first-order valence-corrected chi connectivity index (χ1v) is 2.27. The van der Waals surface area contributed by atoms with Crippen molar-refractivity contribution in [2.45, 2.75) is 6.35 Å². The van der Waals surface area contributed by atoms with Gasteiger partial charge in [-0.1, -0.05) is 5.11 Å². The molecule has 1 unspecified atom stereocenters. The number of hydrogen-bond acceptors (Lipinski definition) is 4. The highest BCUT2D eigenvalue weighted by Gasteiger charge is 2.25. The number of carbonyl (C=O) groups is 1. The molecule has 1 heterocycles. The van der Waals surface area contributed by atoms with Gasteiger partial charge in [-0.05, 0) is 0 Å². The minimum atomic E-state index is -0.738. The average molecular weight is 130 g/mol. The van der Waals surface area contributed by atoms with Gasteiger partial charge in [-0.3, -0.25) is 0 Å². The molecule has 1 aliphatic rings. The number of carbonyl (C=O) groups excluding carboxylic acids is 1. The Morgan fingerprint density at radius 3 is 2.78 bits per heavy atom. The minimum Gasteiger partial charge on any atom is -0.340 e. The molecule has 0 fully saturated rings. The fraction of sp³-hybridized carbons (Fsp3) is 0.667. The van der Waals surface area contributed by atoms with Crippen molar-refractivity contribution in [2.24, 2.45) is 16.1 Å². The topological polar surface area (TPSA) is 80.3 Å². The predicted octanol–water partition coefficient (Wildman–Crippen LogP) is -0.322. The molecule has 6 nitrogen and oxygen atoms in total. The molecule has 0 aromatic rings. The summed E-state index contributed by atoms with van der Waals surface area (Å²) in [6.07, 6.45) is -0.738. The van der Waals surface area contributed by atoms with Crippen LogP contribution in [-0.2, 0) is 4.74 Å². The van der Waals surface area contributed by atoms with E-state index in [1.165, 1.54) is 7.11 Å². The van der Waals surface area contributed by atoms with E-state index < -0.39 is 12.4 Å². The Balaban J connectivity index is 2.62. The van der Waals surface area contributed by atoms with E-state index in [0.29, 0.717) is 0 Å². The van der Waals surface area contributed by atoms with E-state index in [2.05, 4.69) is 15.0 Å². The van der Waals surface area contributed by atoms with Gasteiger partial charge >= 0.3 is 6.03 Å². The Morgan fingerprint density at radius 2 is 2.56 bits per heavy atom. The van der Waals surface area contributed by atoms with E-state index >= 15 is 0 Å². The van der Waals surface area contributed by atoms with E-state index in [4.69, 9.17) is 5.84 Å². The highest BCUT2D eigenvalue weighted by Crippen LogP contribution is 2.07. The molecule has 0 bridgehead atoms. The van der Waals surface area contributed by atoms with Gasteiger partial charge in [0.2, 0.25) is 0 Å². The number of ether oxygens (including phenoxy) is 1. The van der Waals surface area contributed by atoms with Crippen molar-refractivity contribution in [3.05, 3.63) is 0 Å². The van der Waals surface area contributed by atoms with Crippen LogP contribution in [0.3, 0.4) is 0 Å². The molecule has 9 heavy (non-hydrogen) atoms. The van der Waals surface area contributed by atoms with Crippen molar-refractivity contribution in [1.29, 1.82) is 0 Å². The first-order chi connectivity index (χ1) is 4.25. The first-order valence-electron chi connectivity index (χ1n) is 2.27. The Morgan fingerprint density at radius 1 is 1.89 bits per heavy atom. The number of hydrogen-bond donors (Lipinski definition) is 1. The summed E-state index contributed by atoms with van der Waals surface area (Å²) < 4.78 is 4.61. The Bertz CT molecular complexity index is 156. The van der Waals surface area contributed by atoms with Crippen LogP contribution in [0.25, 0.3) is 0 Å². The Kier molecular flexibility index (Phi) is 1.41. The summed E-state index contributed by atoms with van der Waals surface area (Å²) in [4.78, 5) is 10.4. The lowest BCUT2D eigenvalue weighted by Gasteiger charge is -2.11. The number of azo groups is 1. The summed E-state index contributed by atoms with van der Waals surface area (Å²) in [6.45, 7) is 0. The van der Waals surface area contributed by atoms with Crippen LogP contribution in [0.1, 0.15) is 0 Å². The van der Waals surface area contributed by atoms with Crippen LogP contribution in [0.5, 0.6) is 0 Å². The molecule has 0 spiro atoms. The van der Waals surface area contributed by atoms with Crippen LogP contribution < -0.4 is 5.84 Å².